The minimum Gasteiger partial charge on any atom is -0.356 e. The van der Waals surface area contributed by atoms with Crippen molar-refractivity contribution in [1.29, 1.82) is 0 Å². The van der Waals surface area contributed by atoms with Crippen LogP contribution in [0.2, 0.25) is 0 Å². The SMILES string of the molecule is C/C=C/CCNC1=NCCN1C. The highest BCUT2D eigenvalue weighted by atomic mass is 15.3. The molecule has 0 aromatic carbocycles. The molecule has 0 unspecified atom stereocenters. The van der Waals surface area contributed by atoms with Crippen molar-refractivity contribution >= 4 is 5.96 Å². The minimum absolute atomic E-state index is 0.933. The first-order valence-corrected chi connectivity index (χ1v) is 4.45. The van der Waals surface area contributed by atoms with Gasteiger partial charge in [0.25, 0.3) is 0 Å². The first-order valence-electron chi connectivity index (χ1n) is 4.45. The maximum absolute atomic E-state index is 4.32. The molecule has 0 aromatic heterocycles. The Morgan fingerprint density at radius 3 is 3.08 bits per heavy atom. The largest absolute Gasteiger partial charge is 0.356 e. The Hall–Kier alpha value is -0.990. The summed E-state index contributed by atoms with van der Waals surface area (Å²) in [7, 11) is 2.06. The molecule has 1 aliphatic rings. The lowest BCUT2D eigenvalue weighted by molar-refractivity contribution is 0.535. The Balaban J connectivity index is 2.14. The summed E-state index contributed by atoms with van der Waals surface area (Å²) in [6.07, 6.45) is 5.30. The van der Waals surface area contributed by atoms with Crippen LogP contribution in [0.15, 0.2) is 17.1 Å². The first-order chi connectivity index (χ1) is 5.84. The van der Waals surface area contributed by atoms with E-state index in [4.69, 9.17) is 0 Å². The Morgan fingerprint density at radius 2 is 2.50 bits per heavy atom. The molecule has 1 aliphatic heterocycles. The second-order valence-electron chi connectivity index (χ2n) is 2.91. The van der Waals surface area contributed by atoms with Gasteiger partial charge in [-0.3, -0.25) is 4.99 Å². The number of allylic oxidation sites excluding steroid dienone is 1. The second-order valence-corrected chi connectivity index (χ2v) is 2.91. The van der Waals surface area contributed by atoms with Crippen LogP contribution in [0.25, 0.3) is 0 Å². The quantitative estimate of drug-likeness (QED) is 0.498. The van der Waals surface area contributed by atoms with Crippen LogP contribution in [0.4, 0.5) is 0 Å². The number of hydrogen-bond donors (Lipinski definition) is 1. The summed E-state index contributed by atoms with van der Waals surface area (Å²) < 4.78 is 0. The van der Waals surface area contributed by atoms with Gasteiger partial charge in [0.1, 0.15) is 0 Å². The van der Waals surface area contributed by atoms with Gasteiger partial charge in [-0.15, -0.1) is 0 Å². The zero-order valence-corrected chi connectivity index (χ0v) is 7.88. The molecule has 68 valence electrons. The molecule has 0 aliphatic carbocycles. The van der Waals surface area contributed by atoms with Crippen LogP contribution in [0, 0.1) is 0 Å². The Bertz CT molecular complexity index is 184. The maximum Gasteiger partial charge on any atom is 0.193 e. The first kappa shape index (κ1) is 9.10. The van der Waals surface area contributed by atoms with Crippen molar-refractivity contribution in [2.24, 2.45) is 4.99 Å². The number of nitrogens with zero attached hydrogens (tertiary/aromatic N) is 2. The van der Waals surface area contributed by atoms with E-state index in [1.54, 1.807) is 0 Å². The van der Waals surface area contributed by atoms with Crippen molar-refractivity contribution in [3.05, 3.63) is 12.2 Å². The van der Waals surface area contributed by atoms with Gasteiger partial charge in [0.05, 0.1) is 6.54 Å². The average molecular weight is 167 g/mol. The fourth-order valence-electron chi connectivity index (χ4n) is 1.16. The molecule has 1 heterocycles. The standard InChI is InChI=1S/C9H17N3/c1-3-4-5-6-10-9-11-7-8-12(9)2/h3-4H,5-8H2,1-2H3,(H,10,11)/b4-3+. The molecule has 0 aromatic rings. The molecule has 3 heteroatoms. The summed E-state index contributed by atoms with van der Waals surface area (Å²) in [6, 6.07) is 0. The maximum atomic E-state index is 4.32. The van der Waals surface area contributed by atoms with E-state index in [0.29, 0.717) is 0 Å². The van der Waals surface area contributed by atoms with Gasteiger partial charge < -0.3 is 10.2 Å². The van der Waals surface area contributed by atoms with Crippen LogP contribution in [0.1, 0.15) is 13.3 Å². The molecule has 0 radical (unpaired) electrons. The topological polar surface area (TPSA) is 27.6 Å². The highest BCUT2D eigenvalue weighted by Crippen LogP contribution is 1.94. The molecule has 0 spiro atoms. The van der Waals surface area contributed by atoms with Crippen molar-refractivity contribution in [1.82, 2.24) is 10.2 Å². The summed E-state index contributed by atoms with van der Waals surface area (Å²) in [4.78, 5) is 6.47. The lowest BCUT2D eigenvalue weighted by Crippen LogP contribution is -2.35. The van der Waals surface area contributed by atoms with E-state index >= 15 is 0 Å². The van der Waals surface area contributed by atoms with Gasteiger partial charge in [-0.25, -0.2) is 0 Å². The van der Waals surface area contributed by atoms with Gasteiger partial charge in [-0.1, -0.05) is 12.2 Å². The van der Waals surface area contributed by atoms with E-state index in [1.807, 2.05) is 6.92 Å². The van der Waals surface area contributed by atoms with Crippen molar-refractivity contribution in [2.75, 3.05) is 26.7 Å². The smallest absolute Gasteiger partial charge is 0.193 e. The molecule has 3 nitrogen and oxygen atoms in total. The summed E-state index contributed by atoms with van der Waals surface area (Å²) in [6.45, 7) is 5.00. The van der Waals surface area contributed by atoms with E-state index < -0.39 is 0 Å². The number of guanidine groups is 1. The molecule has 1 N–H and O–H groups in total. The van der Waals surface area contributed by atoms with Crippen molar-refractivity contribution < 1.29 is 0 Å². The van der Waals surface area contributed by atoms with Crippen LogP contribution < -0.4 is 5.32 Å². The van der Waals surface area contributed by atoms with E-state index in [2.05, 4.69) is 34.4 Å². The monoisotopic (exact) mass is 167 g/mol. The Morgan fingerprint density at radius 1 is 1.67 bits per heavy atom. The molecule has 0 fully saturated rings. The van der Waals surface area contributed by atoms with Crippen LogP contribution in [-0.4, -0.2) is 37.5 Å². The zero-order chi connectivity index (χ0) is 8.81. The molecule has 12 heavy (non-hydrogen) atoms. The summed E-state index contributed by atoms with van der Waals surface area (Å²) in [5.74, 6) is 1.04. The summed E-state index contributed by atoms with van der Waals surface area (Å²) >= 11 is 0. The fraction of sp³-hybridized carbons (Fsp3) is 0.667. The molecule has 0 bridgehead atoms. The molecular formula is C9H17N3. The lowest BCUT2D eigenvalue weighted by atomic mass is 10.4. The molecule has 0 atom stereocenters. The zero-order valence-electron chi connectivity index (χ0n) is 7.88. The highest BCUT2D eigenvalue weighted by Gasteiger charge is 2.09. The summed E-state index contributed by atoms with van der Waals surface area (Å²) in [5.41, 5.74) is 0. The Kier molecular flexibility index (Phi) is 3.64. The molecule has 1 rings (SSSR count). The third-order valence-corrected chi connectivity index (χ3v) is 1.89. The van der Waals surface area contributed by atoms with Gasteiger partial charge in [0, 0.05) is 20.1 Å². The van der Waals surface area contributed by atoms with Gasteiger partial charge in [-0.05, 0) is 13.3 Å². The minimum atomic E-state index is 0.933. The second kappa shape index (κ2) is 4.80. The predicted octanol–water partition coefficient (Wildman–Crippen LogP) is 0.844. The molecule has 0 saturated heterocycles. The number of aliphatic imine (C=N–C) groups is 1. The van der Waals surface area contributed by atoms with E-state index in [1.165, 1.54) is 0 Å². The van der Waals surface area contributed by atoms with Crippen LogP contribution in [0.3, 0.4) is 0 Å². The fourth-order valence-corrected chi connectivity index (χ4v) is 1.16. The number of hydrogen-bond acceptors (Lipinski definition) is 3. The number of nitrogens with one attached hydrogen (secondary N) is 1. The van der Waals surface area contributed by atoms with E-state index in [9.17, 15) is 0 Å². The van der Waals surface area contributed by atoms with Gasteiger partial charge in [0.15, 0.2) is 5.96 Å². The van der Waals surface area contributed by atoms with Gasteiger partial charge in [-0.2, -0.15) is 0 Å². The molecule has 0 saturated carbocycles. The molecule has 0 amide bonds. The van der Waals surface area contributed by atoms with Crippen LogP contribution >= 0.6 is 0 Å². The number of rotatable bonds is 3. The van der Waals surface area contributed by atoms with Crippen LogP contribution in [-0.2, 0) is 0 Å². The highest BCUT2D eigenvalue weighted by molar-refractivity contribution is 5.81. The van der Waals surface area contributed by atoms with Gasteiger partial charge >= 0.3 is 0 Å². The lowest BCUT2D eigenvalue weighted by Gasteiger charge is -2.14. The third kappa shape index (κ3) is 2.57. The van der Waals surface area contributed by atoms with Crippen molar-refractivity contribution in [3.63, 3.8) is 0 Å². The predicted molar refractivity (Wildman–Crippen MR) is 52.4 cm³/mol. The normalized spacial score (nSPS) is 17.2. The summed E-state index contributed by atoms with van der Waals surface area (Å²) in [5, 5.41) is 3.29. The average Bonchev–Trinajstić information content (AvgIpc) is 2.46. The third-order valence-electron chi connectivity index (χ3n) is 1.89. The van der Waals surface area contributed by atoms with Crippen molar-refractivity contribution in [3.8, 4) is 0 Å². The van der Waals surface area contributed by atoms with E-state index in [0.717, 1.165) is 32.0 Å². The van der Waals surface area contributed by atoms with Gasteiger partial charge in [0.2, 0.25) is 0 Å². The molecular weight excluding hydrogens is 150 g/mol. The Labute approximate surface area is 74.2 Å². The van der Waals surface area contributed by atoms with Crippen LogP contribution in [0.5, 0.6) is 0 Å². The van der Waals surface area contributed by atoms with Crippen molar-refractivity contribution in [2.45, 2.75) is 13.3 Å². The number of likely N-dealkylation sites (N-methyl/N-ethyl adjacent to an activating group) is 1. The van der Waals surface area contributed by atoms with E-state index in [-0.39, 0.29) is 0 Å².